The highest BCUT2D eigenvalue weighted by Gasteiger charge is 2.37. The van der Waals surface area contributed by atoms with E-state index in [1.165, 1.54) is 11.3 Å². The summed E-state index contributed by atoms with van der Waals surface area (Å²) in [7, 11) is 0. The number of carbonyl (C=O) groups excluding carboxylic acids is 2. The number of anilines is 1. The smallest absolute Gasteiger partial charge is 0.279 e. The van der Waals surface area contributed by atoms with Crippen LogP contribution in [0, 0.1) is 6.92 Å². The molecule has 0 fully saturated rings. The van der Waals surface area contributed by atoms with E-state index in [4.69, 9.17) is 9.15 Å². The monoisotopic (exact) mass is 469 g/mol. The molecular weight excluding hydrogens is 450 g/mol. The number of benzene rings is 2. The standard InChI is InChI=1S/C22H20BrN3O4/c1-13-6-3-4-7-18(13)30-14(2)21(27)25-26-20(19-8-5-11-29-19)24-17-10-9-15(23)12-16(17)22(26)28/h3-12,14,20,24H,1-2H3,(H,25,27). The summed E-state index contributed by atoms with van der Waals surface area (Å²) >= 11 is 3.39. The molecule has 4 rings (SSSR count). The molecule has 2 aromatic carbocycles. The minimum absolute atomic E-state index is 0.358. The van der Waals surface area contributed by atoms with Gasteiger partial charge in [-0.05, 0) is 55.8 Å². The molecule has 0 aliphatic carbocycles. The van der Waals surface area contributed by atoms with Gasteiger partial charge in [0.25, 0.3) is 11.8 Å². The van der Waals surface area contributed by atoms with Crippen LogP contribution in [0.3, 0.4) is 0 Å². The van der Waals surface area contributed by atoms with E-state index in [2.05, 4.69) is 26.7 Å². The number of aryl methyl sites for hydroxylation is 1. The maximum Gasteiger partial charge on any atom is 0.279 e. The summed E-state index contributed by atoms with van der Waals surface area (Å²) in [5, 5.41) is 4.47. The number of fused-ring (bicyclic) bond motifs is 1. The van der Waals surface area contributed by atoms with Gasteiger partial charge in [0.05, 0.1) is 11.8 Å². The van der Waals surface area contributed by atoms with Crippen molar-refractivity contribution in [3.05, 3.63) is 82.2 Å². The summed E-state index contributed by atoms with van der Waals surface area (Å²) in [6.07, 6.45) is -0.00136. The average Bonchev–Trinajstić information content (AvgIpc) is 3.26. The minimum Gasteiger partial charge on any atom is -0.481 e. The van der Waals surface area contributed by atoms with Crippen molar-refractivity contribution in [1.82, 2.24) is 10.4 Å². The van der Waals surface area contributed by atoms with Crippen LogP contribution in [0.1, 0.15) is 34.8 Å². The van der Waals surface area contributed by atoms with E-state index in [1.54, 1.807) is 37.3 Å². The first-order valence-electron chi connectivity index (χ1n) is 9.40. The number of para-hydroxylation sites is 1. The SMILES string of the molecule is Cc1ccccc1OC(C)C(=O)NN1C(=O)c2cc(Br)ccc2NC1c1ccco1. The second-order valence-corrected chi connectivity index (χ2v) is 7.84. The molecule has 0 radical (unpaired) electrons. The zero-order chi connectivity index (χ0) is 21.3. The van der Waals surface area contributed by atoms with Crippen LogP contribution in [0.5, 0.6) is 5.75 Å². The van der Waals surface area contributed by atoms with Crippen LogP contribution in [0.15, 0.2) is 69.8 Å². The molecule has 154 valence electrons. The lowest BCUT2D eigenvalue weighted by Gasteiger charge is -2.36. The van der Waals surface area contributed by atoms with E-state index in [1.807, 2.05) is 31.2 Å². The Morgan fingerprint density at radius 1 is 1.23 bits per heavy atom. The van der Waals surface area contributed by atoms with Gasteiger partial charge in [0.1, 0.15) is 11.5 Å². The molecule has 0 spiro atoms. The van der Waals surface area contributed by atoms with E-state index in [0.717, 1.165) is 10.0 Å². The molecule has 30 heavy (non-hydrogen) atoms. The zero-order valence-electron chi connectivity index (χ0n) is 16.4. The number of amides is 2. The Bertz CT molecular complexity index is 1080. The molecule has 2 N–H and O–H groups in total. The van der Waals surface area contributed by atoms with Crippen molar-refractivity contribution in [3.8, 4) is 5.75 Å². The number of nitrogens with one attached hydrogen (secondary N) is 2. The molecule has 2 unspecified atom stereocenters. The van der Waals surface area contributed by atoms with Crippen molar-refractivity contribution in [2.75, 3.05) is 5.32 Å². The number of furan rings is 1. The molecule has 1 aliphatic rings. The molecule has 1 aromatic heterocycles. The zero-order valence-corrected chi connectivity index (χ0v) is 18.0. The van der Waals surface area contributed by atoms with Crippen LogP contribution in [-0.4, -0.2) is 22.9 Å². The van der Waals surface area contributed by atoms with Gasteiger partial charge in [0.2, 0.25) is 0 Å². The molecule has 1 aliphatic heterocycles. The Morgan fingerprint density at radius 3 is 2.77 bits per heavy atom. The van der Waals surface area contributed by atoms with Crippen molar-refractivity contribution in [1.29, 1.82) is 0 Å². The summed E-state index contributed by atoms with van der Waals surface area (Å²) in [4.78, 5) is 26.1. The van der Waals surface area contributed by atoms with E-state index >= 15 is 0 Å². The van der Waals surface area contributed by atoms with Gasteiger partial charge in [-0.15, -0.1) is 0 Å². The van der Waals surface area contributed by atoms with Gasteiger partial charge in [-0.1, -0.05) is 34.1 Å². The largest absolute Gasteiger partial charge is 0.481 e. The first kappa shape index (κ1) is 20.0. The first-order valence-corrected chi connectivity index (χ1v) is 10.2. The summed E-state index contributed by atoms with van der Waals surface area (Å²) in [5.74, 6) is 0.288. The van der Waals surface area contributed by atoms with Gasteiger partial charge in [-0.25, -0.2) is 5.01 Å². The van der Waals surface area contributed by atoms with Crippen LogP contribution >= 0.6 is 15.9 Å². The van der Waals surface area contributed by atoms with Gasteiger partial charge in [0, 0.05) is 10.2 Å². The topological polar surface area (TPSA) is 83.8 Å². The van der Waals surface area contributed by atoms with Crippen molar-refractivity contribution < 1.29 is 18.7 Å². The van der Waals surface area contributed by atoms with Crippen LogP contribution in [0.4, 0.5) is 5.69 Å². The third kappa shape index (κ3) is 3.91. The minimum atomic E-state index is -0.819. The predicted molar refractivity (Wildman–Crippen MR) is 115 cm³/mol. The summed E-state index contributed by atoms with van der Waals surface area (Å²) in [6.45, 7) is 3.54. The molecule has 2 atom stereocenters. The molecule has 7 nitrogen and oxygen atoms in total. The van der Waals surface area contributed by atoms with E-state index in [0.29, 0.717) is 22.8 Å². The number of hydrogen-bond donors (Lipinski definition) is 2. The highest BCUT2D eigenvalue weighted by Crippen LogP contribution is 2.33. The van der Waals surface area contributed by atoms with Gasteiger partial charge >= 0.3 is 0 Å². The predicted octanol–water partition coefficient (Wildman–Crippen LogP) is 4.42. The lowest BCUT2D eigenvalue weighted by Crippen LogP contribution is -2.55. The lowest BCUT2D eigenvalue weighted by atomic mass is 10.1. The summed E-state index contributed by atoms with van der Waals surface area (Å²) in [5.41, 5.74) is 4.69. The maximum atomic E-state index is 13.2. The number of hydrogen-bond acceptors (Lipinski definition) is 5. The third-order valence-electron chi connectivity index (χ3n) is 4.79. The number of halogens is 1. The molecular formula is C22H20BrN3O4. The van der Waals surface area contributed by atoms with Crippen molar-refractivity contribution in [2.45, 2.75) is 26.1 Å². The number of ether oxygens (including phenoxy) is 1. The van der Waals surface area contributed by atoms with Gasteiger partial charge in [-0.2, -0.15) is 0 Å². The summed E-state index contributed by atoms with van der Waals surface area (Å²) in [6, 6.07) is 16.2. The quantitative estimate of drug-likeness (QED) is 0.577. The average molecular weight is 470 g/mol. The molecule has 0 saturated carbocycles. The third-order valence-corrected chi connectivity index (χ3v) is 5.28. The second-order valence-electron chi connectivity index (χ2n) is 6.93. The fourth-order valence-electron chi connectivity index (χ4n) is 3.18. The van der Waals surface area contributed by atoms with Crippen molar-refractivity contribution in [3.63, 3.8) is 0 Å². The van der Waals surface area contributed by atoms with E-state index < -0.39 is 18.2 Å². The van der Waals surface area contributed by atoms with Gasteiger partial charge < -0.3 is 14.5 Å². The lowest BCUT2D eigenvalue weighted by molar-refractivity contribution is -0.132. The van der Waals surface area contributed by atoms with Crippen LogP contribution < -0.4 is 15.5 Å². The Hall–Kier alpha value is -3.26. The van der Waals surface area contributed by atoms with E-state index in [-0.39, 0.29) is 5.91 Å². The van der Waals surface area contributed by atoms with Gasteiger partial charge in [0.15, 0.2) is 12.3 Å². The fourth-order valence-corrected chi connectivity index (χ4v) is 3.54. The molecule has 2 amide bonds. The van der Waals surface area contributed by atoms with Crippen molar-refractivity contribution >= 4 is 33.4 Å². The molecule has 0 saturated heterocycles. The van der Waals surface area contributed by atoms with Gasteiger partial charge in [-0.3, -0.25) is 15.0 Å². The maximum absolute atomic E-state index is 13.2. The molecule has 8 heteroatoms. The highest BCUT2D eigenvalue weighted by molar-refractivity contribution is 9.10. The number of nitrogens with zero attached hydrogens (tertiary/aromatic N) is 1. The second kappa shape index (κ2) is 8.23. The first-order chi connectivity index (χ1) is 14.4. The summed E-state index contributed by atoms with van der Waals surface area (Å²) < 4.78 is 12.1. The molecule has 0 bridgehead atoms. The number of rotatable bonds is 5. The number of hydrazine groups is 1. The van der Waals surface area contributed by atoms with Crippen LogP contribution in [0.25, 0.3) is 0 Å². The van der Waals surface area contributed by atoms with E-state index in [9.17, 15) is 9.59 Å². The van der Waals surface area contributed by atoms with Crippen molar-refractivity contribution in [2.24, 2.45) is 0 Å². The molecule has 3 aromatic rings. The Balaban J connectivity index is 1.59. The fraction of sp³-hybridized carbons (Fsp3) is 0.182. The van der Waals surface area contributed by atoms with Crippen LogP contribution in [0.2, 0.25) is 0 Å². The normalized spacial score (nSPS) is 16.4. The number of carbonyl (C=O) groups is 2. The Morgan fingerprint density at radius 2 is 2.03 bits per heavy atom. The van der Waals surface area contributed by atoms with Crippen LogP contribution in [-0.2, 0) is 4.79 Å². The highest BCUT2D eigenvalue weighted by atomic mass is 79.9. The molecule has 2 heterocycles. The Labute approximate surface area is 182 Å². The Kier molecular flexibility index (Phi) is 5.50.